The third-order valence-corrected chi connectivity index (χ3v) is 3.71. The first kappa shape index (κ1) is 13.5. The molecule has 0 saturated carbocycles. The second kappa shape index (κ2) is 5.51. The quantitative estimate of drug-likeness (QED) is 0.731. The molecule has 2 aromatic carbocycles. The standard InChI is InChI=1S/C16H9BrFN3/c17-12-5-3-6-13(18)15(12)21-16-11(9-19)8-10-4-1-2-7-14(10)20-16/h1-8H,(H,20,21). The van der Waals surface area contributed by atoms with Crippen molar-refractivity contribution in [3.05, 3.63) is 64.4 Å². The number of nitriles is 1. The zero-order valence-electron chi connectivity index (χ0n) is 10.8. The fraction of sp³-hybridized carbons (Fsp3) is 0. The molecule has 0 fully saturated rings. The largest absolute Gasteiger partial charge is 0.336 e. The summed E-state index contributed by atoms with van der Waals surface area (Å²) in [5.41, 5.74) is 1.37. The van der Waals surface area contributed by atoms with Crippen molar-refractivity contribution in [2.45, 2.75) is 0 Å². The molecule has 102 valence electrons. The highest BCUT2D eigenvalue weighted by Gasteiger charge is 2.11. The summed E-state index contributed by atoms with van der Waals surface area (Å²) in [5.74, 6) is -0.0785. The van der Waals surface area contributed by atoms with Crippen LogP contribution in [0.2, 0.25) is 0 Å². The van der Waals surface area contributed by atoms with Crippen molar-refractivity contribution in [3.63, 3.8) is 0 Å². The normalized spacial score (nSPS) is 10.3. The van der Waals surface area contributed by atoms with Crippen molar-refractivity contribution in [1.29, 1.82) is 5.26 Å². The van der Waals surface area contributed by atoms with Gasteiger partial charge in [-0.05, 0) is 40.2 Å². The molecular formula is C16H9BrFN3. The van der Waals surface area contributed by atoms with Gasteiger partial charge in [0.1, 0.15) is 17.7 Å². The van der Waals surface area contributed by atoms with E-state index in [2.05, 4.69) is 32.3 Å². The van der Waals surface area contributed by atoms with E-state index in [1.807, 2.05) is 24.3 Å². The second-order valence-electron chi connectivity index (χ2n) is 4.41. The molecule has 3 nitrogen and oxygen atoms in total. The van der Waals surface area contributed by atoms with E-state index in [-0.39, 0.29) is 5.69 Å². The topological polar surface area (TPSA) is 48.7 Å². The summed E-state index contributed by atoms with van der Waals surface area (Å²) in [5, 5.41) is 13.0. The van der Waals surface area contributed by atoms with Crippen LogP contribution in [0.3, 0.4) is 0 Å². The number of nitrogens with zero attached hydrogens (tertiary/aromatic N) is 2. The summed E-state index contributed by atoms with van der Waals surface area (Å²) >= 11 is 3.29. The maximum Gasteiger partial charge on any atom is 0.149 e. The zero-order valence-corrected chi connectivity index (χ0v) is 12.4. The maximum absolute atomic E-state index is 13.9. The molecular weight excluding hydrogens is 333 g/mol. The summed E-state index contributed by atoms with van der Waals surface area (Å²) in [4.78, 5) is 4.40. The molecule has 0 bridgehead atoms. The predicted octanol–water partition coefficient (Wildman–Crippen LogP) is 4.75. The Bertz CT molecular complexity index is 851. The first-order valence-electron chi connectivity index (χ1n) is 6.20. The van der Waals surface area contributed by atoms with Crippen LogP contribution in [0.25, 0.3) is 10.9 Å². The summed E-state index contributed by atoms with van der Waals surface area (Å²) in [6.07, 6.45) is 0. The fourth-order valence-electron chi connectivity index (χ4n) is 2.03. The molecule has 1 heterocycles. The number of benzene rings is 2. The number of rotatable bonds is 2. The molecule has 0 radical (unpaired) electrons. The number of aromatic nitrogens is 1. The smallest absolute Gasteiger partial charge is 0.149 e. The summed E-state index contributed by atoms with van der Waals surface area (Å²) in [6.45, 7) is 0. The number of hydrogen-bond acceptors (Lipinski definition) is 3. The van der Waals surface area contributed by atoms with Gasteiger partial charge in [-0.25, -0.2) is 9.37 Å². The van der Waals surface area contributed by atoms with Gasteiger partial charge in [0, 0.05) is 9.86 Å². The number of pyridine rings is 1. The van der Waals surface area contributed by atoms with Crippen LogP contribution in [0.15, 0.2) is 53.0 Å². The fourth-order valence-corrected chi connectivity index (χ4v) is 2.47. The molecule has 0 saturated heterocycles. The minimum Gasteiger partial charge on any atom is -0.336 e. The minimum absolute atomic E-state index is 0.261. The lowest BCUT2D eigenvalue weighted by atomic mass is 10.1. The third-order valence-electron chi connectivity index (χ3n) is 3.05. The van der Waals surface area contributed by atoms with Crippen molar-refractivity contribution >= 4 is 38.3 Å². The van der Waals surface area contributed by atoms with Crippen molar-refractivity contribution in [2.24, 2.45) is 0 Å². The van der Waals surface area contributed by atoms with Gasteiger partial charge in [-0.1, -0.05) is 24.3 Å². The lowest BCUT2D eigenvalue weighted by molar-refractivity contribution is 0.631. The predicted molar refractivity (Wildman–Crippen MR) is 83.8 cm³/mol. The number of nitrogens with one attached hydrogen (secondary N) is 1. The monoisotopic (exact) mass is 341 g/mol. The zero-order chi connectivity index (χ0) is 14.8. The Hall–Kier alpha value is -2.45. The van der Waals surface area contributed by atoms with Gasteiger partial charge < -0.3 is 5.32 Å². The molecule has 0 unspecified atom stereocenters. The van der Waals surface area contributed by atoms with Crippen LogP contribution < -0.4 is 5.32 Å². The van der Waals surface area contributed by atoms with Crippen LogP contribution >= 0.6 is 15.9 Å². The van der Waals surface area contributed by atoms with Crippen LogP contribution in [-0.4, -0.2) is 4.98 Å². The van der Waals surface area contributed by atoms with E-state index >= 15 is 0 Å². The molecule has 0 aliphatic heterocycles. The average Bonchev–Trinajstić information content (AvgIpc) is 2.50. The lowest BCUT2D eigenvalue weighted by Gasteiger charge is -2.11. The highest BCUT2D eigenvalue weighted by molar-refractivity contribution is 9.10. The second-order valence-corrected chi connectivity index (χ2v) is 5.27. The lowest BCUT2D eigenvalue weighted by Crippen LogP contribution is -2.00. The van der Waals surface area contributed by atoms with Crippen molar-refractivity contribution < 1.29 is 4.39 Å². The molecule has 0 amide bonds. The van der Waals surface area contributed by atoms with Crippen LogP contribution in [0.1, 0.15) is 5.56 Å². The molecule has 3 aromatic rings. The van der Waals surface area contributed by atoms with Gasteiger partial charge in [0.05, 0.1) is 16.8 Å². The Morgan fingerprint density at radius 2 is 1.95 bits per heavy atom. The third kappa shape index (κ3) is 2.58. The number of anilines is 2. The van der Waals surface area contributed by atoms with Gasteiger partial charge in [0.25, 0.3) is 0 Å². The van der Waals surface area contributed by atoms with Crippen LogP contribution in [0.4, 0.5) is 15.9 Å². The Labute approximate surface area is 129 Å². The summed E-state index contributed by atoms with van der Waals surface area (Å²) < 4.78 is 14.5. The molecule has 21 heavy (non-hydrogen) atoms. The Balaban J connectivity index is 2.14. The van der Waals surface area contributed by atoms with E-state index in [0.717, 1.165) is 10.9 Å². The molecule has 0 atom stereocenters. The first-order chi connectivity index (χ1) is 10.2. The van der Waals surface area contributed by atoms with Crippen LogP contribution in [0.5, 0.6) is 0 Å². The van der Waals surface area contributed by atoms with Gasteiger partial charge >= 0.3 is 0 Å². The molecule has 1 aromatic heterocycles. The van der Waals surface area contributed by atoms with Crippen molar-refractivity contribution in [2.75, 3.05) is 5.32 Å². The number of fused-ring (bicyclic) bond motifs is 1. The Morgan fingerprint density at radius 3 is 2.71 bits per heavy atom. The minimum atomic E-state index is -0.414. The summed E-state index contributed by atoms with van der Waals surface area (Å²) in [7, 11) is 0. The molecule has 0 spiro atoms. The van der Waals surface area contributed by atoms with Crippen molar-refractivity contribution in [1.82, 2.24) is 4.98 Å². The Kier molecular flexibility index (Phi) is 3.55. The van der Waals surface area contributed by atoms with E-state index in [9.17, 15) is 9.65 Å². The molecule has 3 rings (SSSR count). The van der Waals surface area contributed by atoms with Crippen molar-refractivity contribution in [3.8, 4) is 6.07 Å². The average molecular weight is 342 g/mol. The molecule has 0 aliphatic carbocycles. The molecule has 1 N–H and O–H groups in total. The highest BCUT2D eigenvalue weighted by Crippen LogP contribution is 2.30. The SMILES string of the molecule is N#Cc1cc2ccccc2nc1Nc1c(F)cccc1Br. The van der Waals surface area contributed by atoms with E-state index < -0.39 is 5.82 Å². The first-order valence-corrected chi connectivity index (χ1v) is 6.99. The number of hydrogen-bond donors (Lipinski definition) is 1. The Morgan fingerprint density at radius 1 is 1.14 bits per heavy atom. The van der Waals surface area contributed by atoms with E-state index in [1.165, 1.54) is 6.07 Å². The highest BCUT2D eigenvalue weighted by atomic mass is 79.9. The van der Waals surface area contributed by atoms with Gasteiger partial charge in [0.15, 0.2) is 0 Å². The van der Waals surface area contributed by atoms with Gasteiger partial charge in [-0.15, -0.1) is 0 Å². The van der Waals surface area contributed by atoms with Gasteiger partial charge in [0.2, 0.25) is 0 Å². The van der Waals surface area contributed by atoms with Gasteiger partial charge in [-0.3, -0.25) is 0 Å². The summed E-state index contributed by atoms with van der Waals surface area (Å²) in [6, 6.07) is 16.0. The van der Waals surface area contributed by atoms with E-state index in [0.29, 0.717) is 15.9 Å². The van der Waals surface area contributed by atoms with Crippen LogP contribution in [0, 0.1) is 17.1 Å². The molecule has 0 aliphatic rings. The van der Waals surface area contributed by atoms with Gasteiger partial charge in [-0.2, -0.15) is 5.26 Å². The van der Waals surface area contributed by atoms with Crippen LogP contribution in [-0.2, 0) is 0 Å². The van der Waals surface area contributed by atoms with E-state index in [1.54, 1.807) is 18.2 Å². The number of para-hydroxylation sites is 2. The van der Waals surface area contributed by atoms with E-state index in [4.69, 9.17) is 0 Å². The number of halogens is 2. The molecule has 5 heteroatoms. The maximum atomic E-state index is 13.9.